The fourth-order valence-electron chi connectivity index (χ4n) is 1.66. The summed E-state index contributed by atoms with van der Waals surface area (Å²) in [6.45, 7) is 1.21. The predicted octanol–water partition coefficient (Wildman–Crippen LogP) is 0.261. The summed E-state index contributed by atoms with van der Waals surface area (Å²) in [5, 5.41) is 8.38. The number of aromatic nitrogens is 1. The van der Waals surface area contributed by atoms with Crippen LogP contribution in [0.1, 0.15) is 6.42 Å². The minimum Gasteiger partial charge on any atom is -0.369 e. The van der Waals surface area contributed by atoms with Crippen LogP contribution in [0, 0.1) is 0 Å². The summed E-state index contributed by atoms with van der Waals surface area (Å²) in [6.07, 6.45) is 0.216. The lowest BCUT2D eigenvalue weighted by Gasteiger charge is -2.10. The maximum Gasteiger partial charge on any atom is 0.244 e. The van der Waals surface area contributed by atoms with Gasteiger partial charge in [-0.1, -0.05) is 6.07 Å². The summed E-state index contributed by atoms with van der Waals surface area (Å²) in [4.78, 5) is 26.4. The summed E-state index contributed by atoms with van der Waals surface area (Å²) in [5.74, 6) is 0.290. The number of imide groups is 1. The summed E-state index contributed by atoms with van der Waals surface area (Å²) >= 11 is 3.28. The van der Waals surface area contributed by atoms with Crippen LogP contribution in [0.4, 0.5) is 5.82 Å². The van der Waals surface area contributed by atoms with Crippen LogP contribution < -0.4 is 16.0 Å². The number of carbonyl (C=O) groups excluding carboxylic acids is 2. The molecule has 2 heterocycles. The van der Waals surface area contributed by atoms with Crippen LogP contribution in [0.5, 0.6) is 0 Å². The molecule has 18 heavy (non-hydrogen) atoms. The molecule has 1 fully saturated rings. The largest absolute Gasteiger partial charge is 0.369 e. The number of pyridine rings is 1. The van der Waals surface area contributed by atoms with Crippen molar-refractivity contribution in [1.82, 2.24) is 15.6 Å². The Bertz CT molecular complexity index is 466. The van der Waals surface area contributed by atoms with Crippen LogP contribution in [-0.2, 0) is 9.59 Å². The maximum atomic E-state index is 11.3. The first-order valence-corrected chi connectivity index (χ1v) is 6.38. The van der Waals surface area contributed by atoms with E-state index < -0.39 is 6.04 Å². The zero-order valence-corrected chi connectivity index (χ0v) is 11.2. The lowest BCUT2D eigenvalue weighted by Crippen LogP contribution is -2.38. The smallest absolute Gasteiger partial charge is 0.244 e. The summed E-state index contributed by atoms with van der Waals surface area (Å²) in [5.41, 5.74) is 0. The first-order valence-electron chi connectivity index (χ1n) is 5.58. The van der Waals surface area contributed by atoms with Gasteiger partial charge in [-0.15, -0.1) is 0 Å². The van der Waals surface area contributed by atoms with Gasteiger partial charge in [0.05, 0.1) is 12.5 Å². The van der Waals surface area contributed by atoms with E-state index in [0.717, 1.165) is 10.4 Å². The molecule has 0 aromatic carbocycles. The second-order valence-electron chi connectivity index (χ2n) is 3.90. The summed E-state index contributed by atoms with van der Waals surface area (Å²) in [7, 11) is 0. The molecule has 1 aliphatic heterocycles. The Kier molecular flexibility index (Phi) is 4.27. The van der Waals surface area contributed by atoms with E-state index in [1.54, 1.807) is 0 Å². The van der Waals surface area contributed by atoms with Crippen molar-refractivity contribution in [3.63, 3.8) is 0 Å². The second-order valence-corrected chi connectivity index (χ2v) is 4.71. The first-order chi connectivity index (χ1) is 8.65. The number of carbonyl (C=O) groups is 2. The highest BCUT2D eigenvalue weighted by atomic mass is 79.9. The van der Waals surface area contributed by atoms with E-state index in [1.807, 2.05) is 18.2 Å². The molecule has 1 atom stereocenters. The molecule has 96 valence electrons. The molecule has 0 aliphatic carbocycles. The van der Waals surface area contributed by atoms with Gasteiger partial charge in [0, 0.05) is 13.1 Å². The topological polar surface area (TPSA) is 83.1 Å². The van der Waals surface area contributed by atoms with Crippen LogP contribution >= 0.6 is 15.9 Å². The molecule has 0 spiro atoms. The number of nitrogens with zero attached hydrogens (tertiary/aromatic N) is 1. The van der Waals surface area contributed by atoms with Gasteiger partial charge in [-0.05, 0) is 28.1 Å². The van der Waals surface area contributed by atoms with Gasteiger partial charge >= 0.3 is 0 Å². The number of rotatable bonds is 5. The van der Waals surface area contributed by atoms with Crippen molar-refractivity contribution in [1.29, 1.82) is 0 Å². The monoisotopic (exact) mass is 312 g/mol. The number of hydrogen-bond acceptors (Lipinski definition) is 5. The fraction of sp³-hybridized carbons (Fsp3) is 0.364. The van der Waals surface area contributed by atoms with Gasteiger partial charge in [0.1, 0.15) is 10.4 Å². The number of hydrogen-bond donors (Lipinski definition) is 3. The van der Waals surface area contributed by atoms with Crippen LogP contribution in [0.2, 0.25) is 0 Å². The first kappa shape index (κ1) is 13.0. The van der Waals surface area contributed by atoms with E-state index in [2.05, 4.69) is 36.9 Å². The highest BCUT2D eigenvalue weighted by molar-refractivity contribution is 9.10. The van der Waals surface area contributed by atoms with Crippen molar-refractivity contribution in [2.75, 3.05) is 18.4 Å². The minimum absolute atomic E-state index is 0.216. The van der Waals surface area contributed by atoms with Crippen molar-refractivity contribution in [2.45, 2.75) is 12.5 Å². The SMILES string of the molecule is O=C1CC(NCCNc2cccc(Br)n2)C(=O)N1. The molecular formula is C11H13BrN4O2. The van der Waals surface area contributed by atoms with Crippen molar-refractivity contribution in [3.8, 4) is 0 Å². The van der Waals surface area contributed by atoms with Gasteiger partial charge < -0.3 is 10.6 Å². The summed E-state index contributed by atoms with van der Waals surface area (Å²) in [6, 6.07) is 5.18. The Balaban J connectivity index is 1.70. The zero-order chi connectivity index (χ0) is 13.0. The van der Waals surface area contributed by atoms with Crippen molar-refractivity contribution in [3.05, 3.63) is 22.8 Å². The third-order valence-electron chi connectivity index (χ3n) is 2.51. The van der Waals surface area contributed by atoms with E-state index >= 15 is 0 Å². The molecule has 0 bridgehead atoms. The number of anilines is 1. The Morgan fingerprint density at radius 2 is 2.22 bits per heavy atom. The molecule has 2 rings (SSSR count). The lowest BCUT2D eigenvalue weighted by molar-refractivity contribution is -0.125. The number of amides is 2. The molecule has 2 amide bonds. The Morgan fingerprint density at radius 1 is 1.39 bits per heavy atom. The van der Waals surface area contributed by atoms with Crippen molar-refractivity contribution >= 4 is 33.6 Å². The average molecular weight is 313 g/mol. The molecule has 1 unspecified atom stereocenters. The van der Waals surface area contributed by atoms with Crippen LogP contribution in [0.25, 0.3) is 0 Å². The van der Waals surface area contributed by atoms with E-state index in [9.17, 15) is 9.59 Å². The normalized spacial score (nSPS) is 18.8. The number of nitrogens with one attached hydrogen (secondary N) is 3. The molecule has 0 saturated carbocycles. The molecule has 1 saturated heterocycles. The highest BCUT2D eigenvalue weighted by Gasteiger charge is 2.29. The van der Waals surface area contributed by atoms with Gasteiger partial charge in [0.2, 0.25) is 11.8 Å². The van der Waals surface area contributed by atoms with Gasteiger partial charge in [-0.25, -0.2) is 4.98 Å². The molecule has 3 N–H and O–H groups in total. The second kappa shape index (κ2) is 5.92. The average Bonchev–Trinajstić information content (AvgIpc) is 2.64. The van der Waals surface area contributed by atoms with E-state index in [1.165, 1.54) is 0 Å². The Hall–Kier alpha value is -1.47. The Morgan fingerprint density at radius 3 is 2.89 bits per heavy atom. The maximum absolute atomic E-state index is 11.3. The van der Waals surface area contributed by atoms with Crippen LogP contribution in [-0.4, -0.2) is 35.9 Å². The highest BCUT2D eigenvalue weighted by Crippen LogP contribution is 2.09. The van der Waals surface area contributed by atoms with E-state index in [4.69, 9.17) is 0 Å². The predicted molar refractivity (Wildman–Crippen MR) is 70.0 cm³/mol. The van der Waals surface area contributed by atoms with Crippen molar-refractivity contribution < 1.29 is 9.59 Å². The molecule has 7 heteroatoms. The lowest BCUT2D eigenvalue weighted by atomic mass is 10.2. The van der Waals surface area contributed by atoms with Gasteiger partial charge in [0.25, 0.3) is 0 Å². The molecular weight excluding hydrogens is 300 g/mol. The standard InChI is InChI=1S/C11H13BrN4O2/c12-8-2-1-3-9(15-8)14-5-4-13-7-6-10(17)16-11(7)18/h1-3,7,13H,4-6H2,(H,14,15)(H,16,17,18). The van der Waals surface area contributed by atoms with E-state index in [0.29, 0.717) is 13.1 Å². The molecule has 6 nitrogen and oxygen atoms in total. The van der Waals surface area contributed by atoms with E-state index in [-0.39, 0.29) is 18.2 Å². The molecule has 0 radical (unpaired) electrons. The number of halogens is 1. The quantitative estimate of drug-likeness (QED) is 0.413. The summed E-state index contributed by atoms with van der Waals surface area (Å²) < 4.78 is 0.765. The third-order valence-corrected chi connectivity index (χ3v) is 2.95. The van der Waals surface area contributed by atoms with Gasteiger partial charge in [-0.2, -0.15) is 0 Å². The molecule has 1 aromatic rings. The van der Waals surface area contributed by atoms with Gasteiger partial charge in [-0.3, -0.25) is 14.9 Å². The van der Waals surface area contributed by atoms with Crippen LogP contribution in [0.15, 0.2) is 22.8 Å². The van der Waals surface area contributed by atoms with Crippen LogP contribution in [0.3, 0.4) is 0 Å². The Labute approximate surface area is 113 Å². The van der Waals surface area contributed by atoms with Crippen molar-refractivity contribution in [2.24, 2.45) is 0 Å². The minimum atomic E-state index is -0.408. The zero-order valence-electron chi connectivity index (χ0n) is 9.57. The fourth-order valence-corrected chi connectivity index (χ4v) is 2.01. The molecule has 1 aromatic heterocycles. The van der Waals surface area contributed by atoms with Gasteiger partial charge in [0.15, 0.2) is 0 Å². The molecule has 1 aliphatic rings. The third kappa shape index (κ3) is 3.51.